The summed E-state index contributed by atoms with van der Waals surface area (Å²) in [6, 6.07) is 45.5. The van der Waals surface area contributed by atoms with E-state index in [0.717, 1.165) is 106 Å². The molecule has 6 aromatic rings. The molecule has 0 amide bonds. The number of methoxy groups -OCH3 is 4. The minimum absolute atomic E-state index is 0.200. The molecule has 64 heavy (non-hydrogen) atoms. The van der Waals surface area contributed by atoms with Crippen LogP contribution in [0.5, 0.6) is 23.0 Å². The van der Waals surface area contributed by atoms with Crippen molar-refractivity contribution in [1.29, 1.82) is 0 Å². The summed E-state index contributed by atoms with van der Waals surface area (Å²) in [5.74, 6) is 2.67. The first-order valence-electron chi connectivity index (χ1n) is 22.3. The lowest BCUT2D eigenvalue weighted by Crippen LogP contribution is -2.49. The van der Waals surface area contributed by atoms with Gasteiger partial charge >= 0.3 is 0 Å². The van der Waals surface area contributed by atoms with Crippen molar-refractivity contribution < 1.29 is 27.7 Å². The number of hydrogen-bond acceptors (Lipinski definition) is 8. The molecule has 2 heterocycles. The number of hydrogen-bond donors (Lipinski definition) is 0. The Kier molecular flexibility index (Phi) is 16.3. The zero-order valence-electron chi connectivity index (χ0n) is 37.9. The van der Waals surface area contributed by atoms with Crippen LogP contribution >= 0.6 is 0 Å². The van der Waals surface area contributed by atoms with E-state index in [1.807, 2.05) is 42.5 Å². The monoisotopic (exact) mass is 868 g/mol. The lowest BCUT2D eigenvalue weighted by Gasteiger charge is -2.43. The number of nitrogens with zero attached hydrogens (tertiary/aromatic N) is 4. The highest BCUT2D eigenvalue weighted by molar-refractivity contribution is 5.68. The molecule has 8 rings (SSSR count). The summed E-state index contributed by atoms with van der Waals surface area (Å²) in [5, 5.41) is 0. The quantitative estimate of drug-likeness (QED) is 0.101. The predicted molar refractivity (Wildman–Crippen MR) is 254 cm³/mol. The number of rotatable bonds is 15. The van der Waals surface area contributed by atoms with Crippen LogP contribution in [-0.2, 0) is 12.8 Å². The Morgan fingerprint density at radius 2 is 1.05 bits per heavy atom. The highest BCUT2D eigenvalue weighted by Gasteiger charge is 2.29. The molecule has 10 heteroatoms. The summed E-state index contributed by atoms with van der Waals surface area (Å²) >= 11 is 0. The Bertz CT molecular complexity index is 2360. The van der Waals surface area contributed by atoms with Crippen molar-refractivity contribution in [2.24, 2.45) is 0 Å². The standard InChI is InChI=1S/C28H33FN2O2.C26H29FN2O2/c1-21(25-6-4-5-7-26(25)23-9-11-24(29)12-10-23)31-18-16-30(17-19-31)15-14-22-8-13-27(32-2)28(20-22)33-3;1-30-25-13-8-20(18-26(25)31-2)14-15-28-16-17-29(23-11-9-22(27)10-12-23)24(19-28)21-6-4-3-5-7-21/h4-13,20-21H,14-19H2,1-3H3;3-13,18,24H,14-17,19H2,1-2H3. The van der Waals surface area contributed by atoms with Crippen LogP contribution in [0, 0.1) is 11.6 Å². The van der Waals surface area contributed by atoms with Gasteiger partial charge in [-0.2, -0.15) is 0 Å². The van der Waals surface area contributed by atoms with E-state index in [1.54, 1.807) is 40.6 Å². The maximum absolute atomic E-state index is 13.5. The second-order valence-corrected chi connectivity index (χ2v) is 16.4. The van der Waals surface area contributed by atoms with E-state index in [9.17, 15) is 8.78 Å². The molecule has 0 spiro atoms. The molecule has 2 fully saturated rings. The van der Waals surface area contributed by atoms with Crippen molar-refractivity contribution in [1.82, 2.24) is 14.7 Å². The summed E-state index contributed by atoms with van der Waals surface area (Å²) in [7, 11) is 6.66. The predicted octanol–water partition coefficient (Wildman–Crippen LogP) is 10.4. The van der Waals surface area contributed by atoms with Crippen LogP contribution in [0.1, 0.15) is 41.3 Å². The van der Waals surface area contributed by atoms with Crippen molar-refractivity contribution in [3.63, 3.8) is 0 Å². The van der Waals surface area contributed by atoms with E-state index in [0.29, 0.717) is 6.04 Å². The van der Waals surface area contributed by atoms with Gasteiger partial charge in [0.25, 0.3) is 0 Å². The molecule has 2 saturated heterocycles. The molecule has 0 N–H and O–H groups in total. The van der Waals surface area contributed by atoms with Crippen LogP contribution in [0.15, 0.2) is 140 Å². The fourth-order valence-electron chi connectivity index (χ4n) is 8.92. The molecule has 2 aliphatic heterocycles. The third-order valence-corrected chi connectivity index (χ3v) is 12.7. The zero-order chi connectivity index (χ0) is 44.8. The molecule has 0 bridgehead atoms. The van der Waals surface area contributed by atoms with Crippen molar-refractivity contribution in [3.05, 3.63) is 173 Å². The summed E-state index contributed by atoms with van der Waals surface area (Å²) in [4.78, 5) is 9.98. The highest BCUT2D eigenvalue weighted by Crippen LogP contribution is 2.34. The van der Waals surface area contributed by atoms with Crippen LogP contribution in [0.25, 0.3) is 11.1 Å². The normalized spacial score (nSPS) is 16.4. The molecule has 336 valence electrons. The fourth-order valence-corrected chi connectivity index (χ4v) is 8.92. The third kappa shape index (κ3) is 11.8. The van der Waals surface area contributed by atoms with Crippen LogP contribution in [-0.4, -0.2) is 102 Å². The SMILES string of the molecule is COc1ccc(CCN2CCN(C(C)c3ccccc3-c3ccc(F)cc3)CC2)cc1OC.COc1ccc(CCN2CCN(c3ccc(F)cc3)C(c3ccccc3)C2)cc1OC. The Morgan fingerprint density at radius 1 is 0.531 bits per heavy atom. The maximum Gasteiger partial charge on any atom is 0.160 e. The number of benzene rings is 6. The first kappa shape index (κ1) is 46.1. The van der Waals surface area contributed by atoms with E-state index in [2.05, 4.69) is 99.3 Å². The number of halogens is 2. The van der Waals surface area contributed by atoms with Crippen molar-refractivity contribution >= 4 is 5.69 Å². The van der Waals surface area contributed by atoms with Crippen molar-refractivity contribution in [2.75, 3.05) is 92.2 Å². The molecule has 2 atom stereocenters. The summed E-state index contributed by atoms with van der Waals surface area (Å²) in [6.07, 6.45) is 1.93. The lowest BCUT2D eigenvalue weighted by molar-refractivity contribution is 0.103. The van der Waals surface area contributed by atoms with E-state index >= 15 is 0 Å². The first-order chi connectivity index (χ1) is 31.3. The topological polar surface area (TPSA) is 49.9 Å². The summed E-state index contributed by atoms with van der Waals surface area (Å²) in [6.45, 7) is 11.2. The first-order valence-corrected chi connectivity index (χ1v) is 22.3. The minimum Gasteiger partial charge on any atom is -0.493 e. The highest BCUT2D eigenvalue weighted by atomic mass is 19.1. The van der Waals surface area contributed by atoms with Gasteiger partial charge in [-0.3, -0.25) is 9.80 Å². The van der Waals surface area contributed by atoms with Crippen molar-refractivity contribution in [2.45, 2.75) is 31.8 Å². The van der Waals surface area contributed by atoms with Gasteiger partial charge in [0, 0.05) is 70.6 Å². The molecule has 6 aromatic carbocycles. The van der Waals surface area contributed by atoms with Crippen LogP contribution in [0.4, 0.5) is 14.5 Å². The molecule has 0 saturated carbocycles. The van der Waals surface area contributed by atoms with E-state index in [4.69, 9.17) is 18.9 Å². The Hall–Kier alpha value is -5.94. The summed E-state index contributed by atoms with van der Waals surface area (Å²) < 4.78 is 48.4. The lowest BCUT2D eigenvalue weighted by atomic mass is 9.94. The van der Waals surface area contributed by atoms with Gasteiger partial charge in [-0.05, 0) is 114 Å². The molecule has 8 nitrogen and oxygen atoms in total. The number of anilines is 1. The Balaban J connectivity index is 0.000000192. The second kappa shape index (κ2) is 22.6. The summed E-state index contributed by atoms with van der Waals surface area (Å²) in [5.41, 5.74) is 8.38. The minimum atomic E-state index is -0.200. The molecule has 0 aliphatic carbocycles. The van der Waals surface area contributed by atoms with Crippen LogP contribution in [0.2, 0.25) is 0 Å². The van der Waals surface area contributed by atoms with Crippen LogP contribution in [0.3, 0.4) is 0 Å². The Morgan fingerprint density at radius 3 is 1.62 bits per heavy atom. The van der Waals surface area contributed by atoms with Gasteiger partial charge in [0.15, 0.2) is 23.0 Å². The Labute approximate surface area is 378 Å². The van der Waals surface area contributed by atoms with Gasteiger partial charge in [0.2, 0.25) is 0 Å². The fraction of sp³-hybridized carbons (Fsp3) is 0.333. The third-order valence-electron chi connectivity index (χ3n) is 12.7. The van der Waals surface area contributed by atoms with E-state index in [1.165, 1.54) is 39.9 Å². The molecule has 0 aromatic heterocycles. The van der Waals surface area contributed by atoms with E-state index < -0.39 is 0 Å². The van der Waals surface area contributed by atoms with Gasteiger partial charge in [-0.1, -0.05) is 78.9 Å². The molecule has 2 unspecified atom stereocenters. The van der Waals surface area contributed by atoms with E-state index in [-0.39, 0.29) is 17.7 Å². The zero-order valence-corrected chi connectivity index (χ0v) is 37.9. The maximum atomic E-state index is 13.5. The van der Waals surface area contributed by atoms with Gasteiger partial charge in [-0.15, -0.1) is 0 Å². The molecular formula is C54H62F2N4O4. The smallest absolute Gasteiger partial charge is 0.160 e. The average molecular weight is 869 g/mol. The van der Waals surface area contributed by atoms with Gasteiger partial charge < -0.3 is 28.7 Å². The molecular weight excluding hydrogens is 807 g/mol. The van der Waals surface area contributed by atoms with Crippen LogP contribution < -0.4 is 23.8 Å². The van der Waals surface area contributed by atoms with Gasteiger partial charge in [-0.25, -0.2) is 8.78 Å². The van der Waals surface area contributed by atoms with Gasteiger partial charge in [0.1, 0.15) is 11.6 Å². The van der Waals surface area contributed by atoms with Crippen molar-refractivity contribution in [3.8, 4) is 34.1 Å². The largest absolute Gasteiger partial charge is 0.493 e. The van der Waals surface area contributed by atoms with Gasteiger partial charge in [0.05, 0.1) is 34.5 Å². The number of piperazine rings is 2. The molecule has 2 aliphatic rings. The second-order valence-electron chi connectivity index (χ2n) is 16.4. The number of ether oxygens (including phenoxy) is 4. The average Bonchev–Trinajstić information content (AvgIpc) is 3.35. The molecule has 0 radical (unpaired) electrons.